The van der Waals surface area contributed by atoms with Gasteiger partial charge in [0.1, 0.15) is 12.1 Å². The highest BCUT2D eigenvalue weighted by Gasteiger charge is 2.16. The van der Waals surface area contributed by atoms with E-state index in [0.29, 0.717) is 30.0 Å². The molecule has 3 rings (SSSR count). The predicted octanol–water partition coefficient (Wildman–Crippen LogP) is 3.19. The van der Waals surface area contributed by atoms with Crippen LogP contribution in [0, 0.1) is 11.3 Å². The summed E-state index contributed by atoms with van der Waals surface area (Å²) in [5.74, 6) is 0.614. The summed E-state index contributed by atoms with van der Waals surface area (Å²) < 4.78 is 1.77. The van der Waals surface area contributed by atoms with E-state index in [1.807, 2.05) is 24.0 Å². The molecular formula is C20H19N5O. The van der Waals surface area contributed by atoms with Crippen molar-refractivity contribution in [2.75, 3.05) is 6.54 Å². The Labute approximate surface area is 152 Å². The van der Waals surface area contributed by atoms with Gasteiger partial charge in [-0.2, -0.15) is 5.26 Å². The fraction of sp³-hybridized carbons (Fsp3) is 0.200. The lowest BCUT2D eigenvalue weighted by Crippen LogP contribution is -2.31. The average molecular weight is 345 g/mol. The smallest absolute Gasteiger partial charge is 0.254 e. The van der Waals surface area contributed by atoms with Gasteiger partial charge in [-0.3, -0.25) is 9.36 Å². The second kappa shape index (κ2) is 8.08. The second-order valence-corrected chi connectivity index (χ2v) is 5.91. The Morgan fingerprint density at radius 1 is 1.23 bits per heavy atom. The van der Waals surface area contributed by atoms with Gasteiger partial charge in [-0.15, -0.1) is 0 Å². The summed E-state index contributed by atoms with van der Waals surface area (Å²) in [6.07, 6.45) is 7.61. The van der Waals surface area contributed by atoms with E-state index in [4.69, 9.17) is 5.26 Å². The number of rotatable bonds is 6. The molecule has 2 heterocycles. The molecule has 2 aromatic heterocycles. The quantitative estimate of drug-likeness (QED) is 0.687. The van der Waals surface area contributed by atoms with Crippen LogP contribution in [-0.4, -0.2) is 31.9 Å². The van der Waals surface area contributed by atoms with E-state index in [1.165, 1.54) is 0 Å². The van der Waals surface area contributed by atoms with Crippen molar-refractivity contribution in [2.24, 2.45) is 0 Å². The van der Waals surface area contributed by atoms with Crippen LogP contribution in [0.2, 0.25) is 0 Å². The molecule has 0 aliphatic heterocycles. The molecule has 0 aliphatic carbocycles. The van der Waals surface area contributed by atoms with Crippen molar-refractivity contribution in [3.05, 3.63) is 78.0 Å². The Morgan fingerprint density at radius 3 is 2.69 bits per heavy atom. The van der Waals surface area contributed by atoms with Crippen LogP contribution in [0.3, 0.4) is 0 Å². The van der Waals surface area contributed by atoms with Gasteiger partial charge in [-0.05, 0) is 36.2 Å². The maximum Gasteiger partial charge on any atom is 0.254 e. The Balaban J connectivity index is 1.82. The van der Waals surface area contributed by atoms with E-state index in [0.717, 1.165) is 12.0 Å². The van der Waals surface area contributed by atoms with Crippen LogP contribution in [-0.2, 0) is 6.54 Å². The van der Waals surface area contributed by atoms with Crippen molar-refractivity contribution < 1.29 is 4.79 Å². The zero-order valence-electron chi connectivity index (χ0n) is 14.5. The molecule has 0 radical (unpaired) electrons. The Bertz CT molecular complexity index is 910. The summed E-state index contributed by atoms with van der Waals surface area (Å²) in [5.41, 5.74) is 2.20. The molecule has 0 bridgehead atoms. The first kappa shape index (κ1) is 17.4. The lowest BCUT2D eigenvalue weighted by Gasteiger charge is -2.22. The fourth-order valence-corrected chi connectivity index (χ4v) is 2.70. The van der Waals surface area contributed by atoms with Crippen LogP contribution in [0.1, 0.15) is 34.8 Å². The van der Waals surface area contributed by atoms with Crippen molar-refractivity contribution in [1.82, 2.24) is 19.4 Å². The number of benzene rings is 1. The van der Waals surface area contributed by atoms with Gasteiger partial charge in [-0.25, -0.2) is 9.97 Å². The molecule has 0 saturated carbocycles. The Kier molecular flexibility index (Phi) is 5.40. The van der Waals surface area contributed by atoms with Crippen molar-refractivity contribution in [1.29, 1.82) is 5.26 Å². The molecule has 6 nitrogen and oxygen atoms in total. The third-order valence-corrected chi connectivity index (χ3v) is 4.00. The summed E-state index contributed by atoms with van der Waals surface area (Å²) in [7, 11) is 0. The molecule has 0 saturated heterocycles. The number of nitriles is 1. The maximum absolute atomic E-state index is 13.0. The zero-order chi connectivity index (χ0) is 18.4. The van der Waals surface area contributed by atoms with Crippen LogP contribution >= 0.6 is 0 Å². The largest absolute Gasteiger partial charge is 0.334 e. The number of carbonyl (C=O) groups is 1. The molecular weight excluding hydrogens is 326 g/mol. The van der Waals surface area contributed by atoms with Crippen LogP contribution in [0.15, 0.2) is 61.3 Å². The van der Waals surface area contributed by atoms with Crippen LogP contribution in [0.4, 0.5) is 0 Å². The first-order valence-corrected chi connectivity index (χ1v) is 8.44. The summed E-state index contributed by atoms with van der Waals surface area (Å²) in [4.78, 5) is 23.1. The summed E-state index contributed by atoms with van der Waals surface area (Å²) >= 11 is 0. The number of imidazole rings is 1. The molecule has 0 fully saturated rings. The third kappa shape index (κ3) is 3.95. The molecule has 26 heavy (non-hydrogen) atoms. The molecule has 0 unspecified atom stereocenters. The topological polar surface area (TPSA) is 74.8 Å². The van der Waals surface area contributed by atoms with Gasteiger partial charge in [0.25, 0.3) is 5.91 Å². The number of amides is 1. The number of carbonyl (C=O) groups excluding carboxylic acids is 1. The number of aromatic nitrogens is 3. The summed E-state index contributed by atoms with van der Waals surface area (Å²) in [5, 5.41) is 8.91. The van der Waals surface area contributed by atoms with E-state index in [-0.39, 0.29) is 5.91 Å². The van der Waals surface area contributed by atoms with Crippen molar-refractivity contribution in [2.45, 2.75) is 19.9 Å². The monoisotopic (exact) mass is 345 g/mol. The van der Waals surface area contributed by atoms with E-state index < -0.39 is 0 Å². The van der Waals surface area contributed by atoms with E-state index >= 15 is 0 Å². The molecule has 0 atom stereocenters. The van der Waals surface area contributed by atoms with Gasteiger partial charge in [0.15, 0.2) is 0 Å². The first-order chi connectivity index (χ1) is 12.7. The second-order valence-electron chi connectivity index (χ2n) is 5.91. The summed E-state index contributed by atoms with van der Waals surface area (Å²) in [6.45, 7) is 3.20. The Hall–Kier alpha value is -3.46. The lowest BCUT2D eigenvalue weighted by molar-refractivity contribution is 0.0743. The van der Waals surface area contributed by atoms with E-state index in [9.17, 15) is 4.79 Å². The number of hydrogen-bond donors (Lipinski definition) is 0. The summed E-state index contributed by atoms with van der Waals surface area (Å²) in [6, 6.07) is 12.9. The third-order valence-electron chi connectivity index (χ3n) is 4.00. The van der Waals surface area contributed by atoms with E-state index in [2.05, 4.69) is 16.0 Å². The van der Waals surface area contributed by atoms with Crippen molar-refractivity contribution >= 4 is 5.91 Å². The predicted molar refractivity (Wildman–Crippen MR) is 97.5 cm³/mol. The SMILES string of the molecule is CCCN(Cc1ccc(C#N)cc1)C(=O)c1ccnc(-n2ccnc2)c1. The number of pyridine rings is 1. The van der Waals surface area contributed by atoms with Crippen LogP contribution in [0.5, 0.6) is 0 Å². The zero-order valence-corrected chi connectivity index (χ0v) is 14.5. The normalized spacial score (nSPS) is 10.3. The Morgan fingerprint density at radius 2 is 2.04 bits per heavy atom. The first-order valence-electron chi connectivity index (χ1n) is 8.44. The highest BCUT2D eigenvalue weighted by molar-refractivity contribution is 5.94. The van der Waals surface area contributed by atoms with Crippen LogP contribution in [0.25, 0.3) is 5.82 Å². The molecule has 0 aliphatic rings. The maximum atomic E-state index is 13.0. The highest BCUT2D eigenvalue weighted by Crippen LogP contribution is 2.14. The van der Waals surface area contributed by atoms with Crippen molar-refractivity contribution in [3.63, 3.8) is 0 Å². The minimum absolute atomic E-state index is 0.0417. The molecule has 1 amide bonds. The van der Waals surface area contributed by atoms with Crippen LogP contribution < -0.4 is 0 Å². The van der Waals surface area contributed by atoms with Crippen molar-refractivity contribution in [3.8, 4) is 11.9 Å². The van der Waals surface area contributed by atoms with Gasteiger partial charge in [0, 0.05) is 37.2 Å². The molecule has 130 valence electrons. The van der Waals surface area contributed by atoms with Gasteiger partial charge >= 0.3 is 0 Å². The van der Waals surface area contributed by atoms with Gasteiger partial charge in [0.2, 0.25) is 0 Å². The lowest BCUT2D eigenvalue weighted by atomic mass is 10.1. The molecule has 1 aromatic carbocycles. The number of nitrogens with zero attached hydrogens (tertiary/aromatic N) is 5. The molecule has 6 heteroatoms. The molecule has 3 aromatic rings. The standard InChI is InChI=1S/C20H19N5O/c1-2-10-24(14-17-5-3-16(13-21)4-6-17)20(26)18-7-8-23-19(12-18)25-11-9-22-15-25/h3-9,11-12,15H,2,10,14H2,1H3. The fourth-order valence-electron chi connectivity index (χ4n) is 2.70. The molecule has 0 spiro atoms. The van der Waals surface area contributed by atoms with E-state index in [1.54, 1.807) is 53.8 Å². The highest BCUT2D eigenvalue weighted by atomic mass is 16.2. The van der Waals surface area contributed by atoms with Gasteiger partial charge < -0.3 is 4.90 Å². The average Bonchev–Trinajstić information content (AvgIpc) is 3.23. The minimum atomic E-state index is -0.0417. The van der Waals surface area contributed by atoms with Gasteiger partial charge in [0.05, 0.1) is 11.6 Å². The number of hydrogen-bond acceptors (Lipinski definition) is 4. The van der Waals surface area contributed by atoms with Gasteiger partial charge in [-0.1, -0.05) is 19.1 Å². The minimum Gasteiger partial charge on any atom is -0.334 e. The molecule has 0 N–H and O–H groups in total.